The van der Waals surface area contributed by atoms with Crippen LogP contribution in [0.2, 0.25) is 1.41 Å². The van der Waals surface area contributed by atoms with Crippen LogP contribution in [0.5, 0.6) is 17.2 Å². The summed E-state index contributed by atoms with van der Waals surface area (Å²) >= 11 is 0. The molecule has 1 saturated heterocycles. The largest absolute Gasteiger partial charge is 0.493 e. The second-order valence-corrected chi connectivity index (χ2v) is 8.86. The van der Waals surface area contributed by atoms with Crippen molar-refractivity contribution < 1.29 is 20.0 Å². The molecule has 0 spiro atoms. The van der Waals surface area contributed by atoms with Crippen LogP contribution in [0.3, 0.4) is 0 Å². The molecular weight excluding hydrogens is 444 g/mol. The van der Waals surface area contributed by atoms with E-state index in [1.807, 2.05) is 42.5 Å². The van der Waals surface area contributed by atoms with E-state index in [1.165, 1.54) is 6.33 Å². The molecule has 6 rings (SSSR count). The van der Waals surface area contributed by atoms with Crippen LogP contribution in [-0.2, 0) is 0 Å². The van der Waals surface area contributed by atoms with E-state index >= 15 is 0 Å². The van der Waals surface area contributed by atoms with E-state index in [9.17, 15) is 0 Å². The molecule has 0 radical (unpaired) electrons. The highest BCUT2D eigenvalue weighted by Gasteiger charge is 2.25. The quantitative estimate of drug-likeness (QED) is 0.356. The first-order chi connectivity index (χ1) is 17.7. The normalized spacial score (nSPS) is 17.2. The van der Waals surface area contributed by atoms with Crippen molar-refractivity contribution in [2.24, 2.45) is 0 Å². The van der Waals surface area contributed by atoms with Crippen molar-refractivity contribution in [2.45, 2.75) is 37.9 Å². The molecule has 0 unspecified atom stereocenters. The summed E-state index contributed by atoms with van der Waals surface area (Å²) in [6.45, 7) is 1.37. The van der Waals surface area contributed by atoms with Gasteiger partial charge in [-0.3, -0.25) is 0 Å². The lowest BCUT2D eigenvalue weighted by Gasteiger charge is -2.25. The highest BCUT2D eigenvalue weighted by Crippen LogP contribution is 2.39. The van der Waals surface area contributed by atoms with Gasteiger partial charge in [0.25, 0.3) is 0 Å². The Bertz CT molecular complexity index is 1350. The molecule has 180 valence electrons. The molecule has 2 aliphatic rings. The second-order valence-electron chi connectivity index (χ2n) is 8.86. The standard InChI is InChI=1S/C27H28N4O4/c1-32-25-15-21-20(14-26(25)35-19-8-10-28-11-9-19)27(30-16-29-21)31-22-13-17(23-3-2-12-33-23)4-7-24(22)34-18-5-6-18/h2-4,7,12-16,18-19,28H,5-6,8-11H2,1H3,(H,29,30,31)/i/hD. The molecule has 4 aromatic rings. The number of nitrogens with one attached hydrogen (secondary N) is 2. The fourth-order valence-corrected chi connectivity index (χ4v) is 4.26. The van der Waals surface area contributed by atoms with E-state index < -0.39 is 0 Å². The summed E-state index contributed by atoms with van der Waals surface area (Å²) in [4.78, 5) is 9.02. The van der Waals surface area contributed by atoms with Crippen molar-refractivity contribution in [2.75, 3.05) is 25.5 Å². The fraction of sp³-hybridized carbons (Fsp3) is 0.333. The first-order valence-electron chi connectivity index (χ1n) is 12.5. The maximum atomic E-state index is 7.80. The number of ether oxygens (including phenoxy) is 3. The zero-order valence-electron chi connectivity index (χ0n) is 20.6. The van der Waals surface area contributed by atoms with Crippen molar-refractivity contribution in [1.29, 1.82) is 0 Å². The first kappa shape index (κ1) is 20.6. The summed E-state index contributed by atoms with van der Waals surface area (Å²) in [6.07, 6.45) is 7.20. The number of rotatable bonds is 8. The fourth-order valence-electron chi connectivity index (χ4n) is 4.26. The molecule has 1 aliphatic heterocycles. The highest BCUT2D eigenvalue weighted by molar-refractivity contribution is 5.93. The molecule has 35 heavy (non-hydrogen) atoms. The third-order valence-corrected chi connectivity index (χ3v) is 6.29. The van der Waals surface area contributed by atoms with Crippen LogP contribution in [0.15, 0.2) is 59.5 Å². The number of piperidine rings is 1. The molecule has 8 heteroatoms. The number of nitrogens with zero attached hydrogens (tertiary/aromatic N) is 2. The Morgan fingerprint density at radius 3 is 2.57 bits per heavy atom. The van der Waals surface area contributed by atoms with Gasteiger partial charge in [0.05, 0.1) is 30.7 Å². The summed E-state index contributed by atoms with van der Waals surface area (Å²) in [6, 6.07) is 13.6. The van der Waals surface area contributed by atoms with Crippen LogP contribution >= 0.6 is 0 Å². The summed E-state index contributed by atoms with van der Waals surface area (Å²) in [5.74, 6) is 3.46. The average molecular weight is 474 g/mol. The van der Waals surface area contributed by atoms with Crippen LogP contribution in [-0.4, -0.2) is 42.4 Å². The van der Waals surface area contributed by atoms with Gasteiger partial charge in [-0.2, -0.15) is 0 Å². The van der Waals surface area contributed by atoms with Gasteiger partial charge < -0.3 is 29.3 Å². The van der Waals surface area contributed by atoms with Gasteiger partial charge in [-0.15, -0.1) is 0 Å². The van der Waals surface area contributed by atoms with Crippen molar-refractivity contribution >= 4 is 22.4 Å². The molecule has 3 heterocycles. The Kier molecular flexibility index (Phi) is 5.56. The van der Waals surface area contributed by atoms with Crippen LogP contribution in [0.4, 0.5) is 11.5 Å². The van der Waals surface area contributed by atoms with Crippen LogP contribution in [0.25, 0.3) is 22.2 Å². The minimum atomic E-state index is 0.0301. The highest BCUT2D eigenvalue weighted by atomic mass is 16.5. The number of fused-ring (bicyclic) bond motifs is 1. The van der Waals surface area contributed by atoms with Gasteiger partial charge in [-0.25, -0.2) is 9.97 Å². The van der Waals surface area contributed by atoms with Crippen molar-refractivity contribution in [3.63, 3.8) is 0 Å². The zero-order chi connectivity index (χ0) is 24.5. The number of methoxy groups -OCH3 is 1. The second kappa shape index (κ2) is 9.46. The molecule has 0 bridgehead atoms. The van der Waals surface area contributed by atoms with E-state index in [4.69, 9.17) is 20.0 Å². The molecular formula is C27H28N4O4. The van der Waals surface area contributed by atoms with E-state index in [-0.39, 0.29) is 12.2 Å². The predicted molar refractivity (Wildman–Crippen MR) is 134 cm³/mol. The predicted octanol–water partition coefficient (Wildman–Crippen LogP) is 5.31. The van der Waals surface area contributed by atoms with Crippen molar-refractivity contribution in [1.82, 2.24) is 15.3 Å². The lowest BCUT2D eigenvalue weighted by Crippen LogP contribution is -2.34. The first-order valence-corrected chi connectivity index (χ1v) is 12.0. The summed E-state index contributed by atoms with van der Waals surface area (Å²) in [5, 5.41) is 5.87. The van der Waals surface area contributed by atoms with Crippen molar-refractivity contribution in [3.05, 3.63) is 55.1 Å². The smallest absolute Gasteiger partial charge is 0.162 e. The van der Waals surface area contributed by atoms with Gasteiger partial charge in [0, 0.05) is 17.0 Å². The minimum absolute atomic E-state index is 0.0301. The topological polar surface area (TPSA) is 90.7 Å². The van der Waals surface area contributed by atoms with E-state index in [1.54, 1.807) is 18.7 Å². The Morgan fingerprint density at radius 1 is 0.971 bits per heavy atom. The Morgan fingerprint density at radius 2 is 1.80 bits per heavy atom. The Hall–Kier alpha value is -3.78. The maximum Gasteiger partial charge on any atom is 0.162 e. The molecule has 2 aromatic carbocycles. The molecule has 2 aromatic heterocycles. The van der Waals surface area contributed by atoms with Crippen molar-refractivity contribution in [3.8, 4) is 28.6 Å². The third-order valence-electron chi connectivity index (χ3n) is 6.29. The number of anilines is 2. The number of hydrogen-bond acceptors (Lipinski definition) is 8. The monoisotopic (exact) mass is 473 g/mol. The minimum Gasteiger partial charge on any atom is -0.493 e. The number of furan rings is 1. The number of hydrogen-bond donors (Lipinski definition) is 2. The molecule has 1 aliphatic carbocycles. The lowest BCUT2D eigenvalue weighted by atomic mass is 10.1. The number of aromatic nitrogens is 2. The molecule has 8 nitrogen and oxygen atoms in total. The van der Waals surface area contributed by atoms with Gasteiger partial charge >= 0.3 is 0 Å². The molecule has 2 fully saturated rings. The van der Waals surface area contributed by atoms with E-state index in [2.05, 4.69) is 15.3 Å². The maximum absolute atomic E-state index is 7.80. The van der Waals surface area contributed by atoms with Crippen LogP contribution < -0.4 is 24.8 Å². The van der Waals surface area contributed by atoms with Gasteiger partial charge in [0.15, 0.2) is 11.5 Å². The Labute approximate surface area is 205 Å². The third kappa shape index (κ3) is 4.74. The van der Waals surface area contributed by atoms with Gasteiger partial charge in [0.2, 0.25) is 0 Å². The van der Waals surface area contributed by atoms with Gasteiger partial charge in [-0.1, -0.05) is 0 Å². The molecule has 2 N–H and O–H groups in total. The summed E-state index contributed by atoms with van der Waals surface area (Å²) in [5.41, 5.74) is 2.48. The zero-order valence-corrected chi connectivity index (χ0v) is 19.6. The molecule has 1 saturated carbocycles. The van der Waals surface area contributed by atoms with Crippen LogP contribution in [0, 0.1) is 0 Å². The Balaban J connectivity index is 1.36. The lowest BCUT2D eigenvalue weighted by molar-refractivity contribution is 0.157. The SMILES string of the molecule is [2H]N1CCC(Oc2cc3c(Nc4cc(-c5ccco5)ccc4OC4CC4)ncnc3cc2OC)CC1. The molecule has 0 amide bonds. The number of benzene rings is 2. The van der Waals surface area contributed by atoms with Crippen LogP contribution in [0.1, 0.15) is 25.7 Å². The summed E-state index contributed by atoms with van der Waals surface area (Å²) in [7, 11) is 1.63. The van der Waals surface area contributed by atoms with Gasteiger partial charge in [0.1, 0.15) is 31.2 Å². The van der Waals surface area contributed by atoms with E-state index in [0.717, 1.165) is 59.3 Å². The van der Waals surface area contributed by atoms with Gasteiger partial charge in [-0.05, 0) is 75.2 Å². The van der Waals surface area contributed by atoms with E-state index in [0.29, 0.717) is 30.4 Å². The summed E-state index contributed by atoms with van der Waals surface area (Å²) < 4.78 is 31.5. The average Bonchev–Trinajstić information content (AvgIpc) is 3.54. The molecule has 0 atom stereocenters.